The van der Waals surface area contributed by atoms with Gasteiger partial charge < -0.3 is 14.8 Å². The Labute approximate surface area is 152 Å². The standard InChI is InChI=1S/C20H22N2O4/c1-2-25-19(23)16-10-15(12-21-13-16)14-6-5-9-18(11-14)26-20(24)22-17-7-3-4-8-17/h5-6,9-13,17H,2-4,7-8H2,1H3,(H,22,24). The molecule has 6 nitrogen and oxygen atoms in total. The lowest BCUT2D eigenvalue weighted by Gasteiger charge is -2.12. The first kappa shape index (κ1) is 17.9. The lowest BCUT2D eigenvalue weighted by molar-refractivity contribution is 0.0526. The van der Waals surface area contributed by atoms with Gasteiger partial charge in [0.1, 0.15) is 5.75 Å². The number of esters is 1. The monoisotopic (exact) mass is 354 g/mol. The van der Waals surface area contributed by atoms with Crippen LogP contribution in [0.2, 0.25) is 0 Å². The van der Waals surface area contributed by atoms with Crippen LogP contribution >= 0.6 is 0 Å². The van der Waals surface area contributed by atoms with Crippen molar-refractivity contribution in [3.63, 3.8) is 0 Å². The highest BCUT2D eigenvalue weighted by Crippen LogP contribution is 2.25. The van der Waals surface area contributed by atoms with E-state index in [1.807, 2.05) is 6.07 Å². The second-order valence-corrected chi connectivity index (χ2v) is 6.23. The topological polar surface area (TPSA) is 77.5 Å². The predicted octanol–water partition coefficient (Wildman–Crippen LogP) is 3.96. The average molecular weight is 354 g/mol. The van der Waals surface area contributed by atoms with E-state index in [0.717, 1.165) is 36.8 Å². The molecule has 0 atom stereocenters. The van der Waals surface area contributed by atoms with Gasteiger partial charge in [0, 0.05) is 24.0 Å². The molecule has 0 saturated heterocycles. The fourth-order valence-corrected chi connectivity index (χ4v) is 3.04. The Hall–Kier alpha value is -2.89. The Morgan fingerprint density at radius 2 is 1.96 bits per heavy atom. The summed E-state index contributed by atoms with van der Waals surface area (Å²) in [7, 11) is 0. The van der Waals surface area contributed by atoms with Crippen molar-refractivity contribution in [3.05, 3.63) is 48.3 Å². The lowest BCUT2D eigenvalue weighted by atomic mass is 10.1. The van der Waals surface area contributed by atoms with E-state index in [0.29, 0.717) is 17.9 Å². The van der Waals surface area contributed by atoms with E-state index in [1.165, 1.54) is 6.20 Å². The van der Waals surface area contributed by atoms with Crippen molar-refractivity contribution in [1.29, 1.82) is 0 Å². The fourth-order valence-electron chi connectivity index (χ4n) is 3.04. The largest absolute Gasteiger partial charge is 0.462 e. The summed E-state index contributed by atoms with van der Waals surface area (Å²) in [4.78, 5) is 28.0. The zero-order valence-corrected chi connectivity index (χ0v) is 14.7. The van der Waals surface area contributed by atoms with Gasteiger partial charge in [0.05, 0.1) is 12.2 Å². The zero-order chi connectivity index (χ0) is 18.4. The molecule has 1 aliphatic carbocycles. The molecule has 1 fully saturated rings. The molecule has 1 heterocycles. The Balaban J connectivity index is 1.71. The minimum absolute atomic E-state index is 0.205. The van der Waals surface area contributed by atoms with E-state index < -0.39 is 12.1 Å². The third-order valence-corrected chi connectivity index (χ3v) is 4.30. The Morgan fingerprint density at radius 3 is 2.73 bits per heavy atom. The van der Waals surface area contributed by atoms with Gasteiger partial charge in [-0.05, 0) is 43.5 Å². The van der Waals surface area contributed by atoms with E-state index in [-0.39, 0.29) is 6.04 Å². The highest BCUT2D eigenvalue weighted by Gasteiger charge is 2.18. The number of pyridine rings is 1. The van der Waals surface area contributed by atoms with Crippen LogP contribution in [-0.2, 0) is 4.74 Å². The summed E-state index contributed by atoms with van der Waals surface area (Å²) in [6, 6.07) is 9.05. The van der Waals surface area contributed by atoms with Crippen LogP contribution in [0.5, 0.6) is 5.75 Å². The summed E-state index contributed by atoms with van der Waals surface area (Å²) in [6.07, 6.45) is 6.97. The SMILES string of the molecule is CCOC(=O)c1cncc(-c2cccc(OC(=O)NC3CCCC3)c2)c1. The number of nitrogens with zero attached hydrogens (tertiary/aromatic N) is 1. The molecule has 0 aliphatic heterocycles. The van der Waals surface area contributed by atoms with Crippen molar-refractivity contribution in [2.24, 2.45) is 0 Å². The molecule has 26 heavy (non-hydrogen) atoms. The van der Waals surface area contributed by atoms with Gasteiger partial charge in [-0.3, -0.25) is 4.98 Å². The maximum atomic E-state index is 12.0. The minimum atomic E-state index is -0.438. The van der Waals surface area contributed by atoms with Crippen molar-refractivity contribution in [2.75, 3.05) is 6.61 Å². The predicted molar refractivity (Wildman–Crippen MR) is 97.0 cm³/mol. The van der Waals surface area contributed by atoms with Gasteiger partial charge in [-0.25, -0.2) is 9.59 Å². The van der Waals surface area contributed by atoms with Gasteiger partial charge in [-0.1, -0.05) is 25.0 Å². The molecule has 1 aromatic carbocycles. The van der Waals surface area contributed by atoms with Crippen LogP contribution in [0, 0.1) is 0 Å². The number of aromatic nitrogens is 1. The molecule has 1 aliphatic rings. The minimum Gasteiger partial charge on any atom is -0.462 e. The molecule has 2 aromatic rings. The smallest absolute Gasteiger partial charge is 0.412 e. The number of benzene rings is 1. The van der Waals surface area contributed by atoms with Crippen LogP contribution in [-0.4, -0.2) is 29.7 Å². The maximum Gasteiger partial charge on any atom is 0.412 e. The number of carbonyl (C=O) groups is 2. The second kappa shape index (κ2) is 8.47. The second-order valence-electron chi connectivity index (χ2n) is 6.23. The summed E-state index contributed by atoms with van der Waals surface area (Å²) in [5, 5.41) is 2.89. The number of carbonyl (C=O) groups excluding carboxylic acids is 2. The third kappa shape index (κ3) is 4.59. The zero-order valence-electron chi connectivity index (χ0n) is 14.7. The molecule has 1 aromatic heterocycles. The summed E-state index contributed by atoms with van der Waals surface area (Å²) in [5.41, 5.74) is 1.93. The third-order valence-electron chi connectivity index (χ3n) is 4.30. The van der Waals surface area contributed by atoms with Crippen LogP contribution in [0.4, 0.5) is 4.79 Å². The van der Waals surface area contributed by atoms with E-state index >= 15 is 0 Å². The van der Waals surface area contributed by atoms with Gasteiger partial charge in [0.15, 0.2) is 0 Å². The van der Waals surface area contributed by atoms with Crippen LogP contribution in [0.15, 0.2) is 42.7 Å². The van der Waals surface area contributed by atoms with Crippen LogP contribution in [0.25, 0.3) is 11.1 Å². The number of nitrogens with one attached hydrogen (secondary N) is 1. The van der Waals surface area contributed by atoms with Crippen molar-refractivity contribution in [3.8, 4) is 16.9 Å². The van der Waals surface area contributed by atoms with Crippen molar-refractivity contribution in [1.82, 2.24) is 10.3 Å². The number of hydrogen-bond donors (Lipinski definition) is 1. The summed E-state index contributed by atoms with van der Waals surface area (Å²) < 4.78 is 10.4. The number of ether oxygens (including phenoxy) is 2. The van der Waals surface area contributed by atoms with E-state index in [9.17, 15) is 9.59 Å². The van der Waals surface area contributed by atoms with Gasteiger partial charge in [0.2, 0.25) is 0 Å². The summed E-state index contributed by atoms with van der Waals surface area (Å²) >= 11 is 0. The molecule has 0 bridgehead atoms. The fraction of sp³-hybridized carbons (Fsp3) is 0.350. The molecule has 136 valence electrons. The molecule has 1 saturated carbocycles. The molecule has 6 heteroatoms. The first-order valence-corrected chi connectivity index (χ1v) is 8.86. The number of hydrogen-bond acceptors (Lipinski definition) is 5. The van der Waals surface area contributed by atoms with Gasteiger partial charge in [0.25, 0.3) is 0 Å². The van der Waals surface area contributed by atoms with E-state index in [1.54, 1.807) is 37.4 Å². The molecular formula is C20H22N2O4. The quantitative estimate of drug-likeness (QED) is 0.823. The van der Waals surface area contributed by atoms with Crippen LogP contribution in [0.1, 0.15) is 43.0 Å². The van der Waals surface area contributed by atoms with Gasteiger partial charge in [-0.15, -0.1) is 0 Å². The van der Waals surface area contributed by atoms with Crippen molar-refractivity contribution >= 4 is 12.1 Å². The molecule has 3 rings (SSSR count). The highest BCUT2D eigenvalue weighted by molar-refractivity contribution is 5.90. The van der Waals surface area contributed by atoms with Crippen molar-refractivity contribution < 1.29 is 19.1 Å². The molecule has 1 N–H and O–H groups in total. The molecule has 1 amide bonds. The van der Waals surface area contributed by atoms with E-state index in [4.69, 9.17) is 9.47 Å². The average Bonchev–Trinajstić information content (AvgIpc) is 3.15. The number of rotatable bonds is 5. The Kier molecular flexibility index (Phi) is 5.84. The van der Waals surface area contributed by atoms with Crippen molar-refractivity contribution in [2.45, 2.75) is 38.6 Å². The first-order valence-electron chi connectivity index (χ1n) is 8.86. The first-order chi connectivity index (χ1) is 12.7. The van der Waals surface area contributed by atoms with E-state index in [2.05, 4.69) is 10.3 Å². The number of amides is 1. The summed E-state index contributed by atoms with van der Waals surface area (Å²) in [6.45, 7) is 2.06. The van der Waals surface area contributed by atoms with Crippen LogP contribution in [0.3, 0.4) is 0 Å². The molecule has 0 unspecified atom stereocenters. The lowest BCUT2D eigenvalue weighted by Crippen LogP contribution is -2.34. The Morgan fingerprint density at radius 1 is 1.15 bits per heavy atom. The molecular weight excluding hydrogens is 332 g/mol. The van der Waals surface area contributed by atoms with Gasteiger partial charge >= 0.3 is 12.1 Å². The Bertz CT molecular complexity index is 785. The normalized spacial score (nSPS) is 14.0. The molecule has 0 spiro atoms. The summed E-state index contributed by atoms with van der Waals surface area (Å²) in [5.74, 6) is 0.0322. The maximum absolute atomic E-state index is 12.0. The molecule has 0 radical (unpaired) electrons. The van der Waals surface area contributed by atoms with Crippen LogP contribution < -0.4 is 10.1 Å². The highest BCUT2D eigenvalue weighted by atomic mass is 16.6. The van der Waals surface area contributed by atoms with Gasteiger partial charge in [-0.2, -0.15) is 0 Å².